The van der Waals surface area contributed by atoms with Crippen LogP contribution in [0.2, 0.25) is 0 Å². The van der Waals surface area contributed by atoms with Gasteiger partial charge in [0.25, 0.3) is 0 Å². The van der Waals surface area contributed by atoms with Gasteiger partial charge in [-0.25, -0.2) is 9.79 Å². The minimum absolute atomic E-state index is 0.331. The Balaban J connectivity index is 1.38. The maximum atomic E-state index is 12.2. The first-order valence-electron chi connectivity index (χ1n) is 13.1. The summed E-state index contributed by atoms with van der Waals surface area (Å²) in [6.07, 6.45) is 16.1. The average Bonchev–Trinajstić information content (AvgIpc) is 3.35. The van der Waals surface area contributed by atoms with Gasteiger partial charge in [0.1, 0.15) is 0 Å². The van der Waals surface area contributed by atoms with Gasteiger partial charge in [0.2, 0.25) is 0 Å². The number of nitrogens with zero attached hydrogens (tertiary/aromatic N) is 1. The molecule has 3 fully saturated rings. The van der Waals surface area contributed by atoms with Crippen LogP contribution < -0.4 is 16.4 Å². The van der Waals surface area contributed by atoms with E-state index < -0.39 is 0 Å². The minimum atomic E-state index is -0.331. The molecule has 33 heavy (non-hydrogen) atoms. The van der Waals surface area contributed by atoms with Gasteiger partial charge in [0.15, 0.2) is 5.96 Å². The highest BCUT2D eigenvalue weighted by Crippen LogP contribution is 2.36. The van der Waals surface area contributed by atoms with Gasteiger partial charge in [0, 0.05) is 12.1 Å². The molecule has 6 heteroatoms. The zero-order chi connectivity index (χ0) is 23.0. The summed E-state index contributed by atoms with van der Waals surface area (Å²) < 4.78 is 4.98. The van der Waals surface area contributed by atoms with Crippen LogP contribution in [0, 0.1) is 11.8 Å². The van der Waals surface area contributed by atoms with E-state index in [0.717, 1.165) is 36.3 Å². The van der Waals surface area contributed by atoms with Crippen LogP contribution in [-0.2, 0) is 4.74 Å². The summed E-state index contributed by atoms with van der Waals surface area (Å²) in [7, 11) is 1.42. The molecule has 0 aromatic heterocycles. The summed E-state index contributed by atoms with van der Waals surface area (Å²) in [5, 5.41) is 7.10. The van der Waals surface area contributed by atoms with Gasteiger partial charge in [-0.2, -0.15) is 0 Å². The van der Waals surface area contributed by atoms with E-state index in [1.165, 1.54) is 77.7 Å². The fraction of sp³-hybridized carbons (Fsp3) is 0.704. The molecule has 1 aromatic carbocycles. The third-order valence-corrected chi connectivity index (χ3v) is 7.97. The van der Waals surface area contributed by atoms with Crippen molar-refractivity contribution in [1.82, 2.24) is 5.32 Å². The van der Waals surface area contributed by atoms with E-state index in [2.05, 4.69) is 10.6 Å². The third-order valence-electron chi connectivity index (χ3n) is 7.97. The molecule has 0 amide bonds. The van der Waals surface area contributed by atoms with Crippen molar-refractivity contribution >= 4 is 17.6 Å². The Morgan fingerprint density at radius 1 is 0.970 bits per heavy atom. The van der Waals surface area contributed by atoms with Crippen molar-refractivity contribution in [3.63, 3.8) is 0 Å². The molecule has 0 radical (unpaired) electrons. The summed E-state index contributed by atoms with van der Waals surface area (Å²) in [6.45, 7) is 0. The van der Waals surface area contributed by atoms with Crippen LogP contribution >= 0.6 is 0 Å². The number of hydrogen-bond acceptors (Lipinski definition) is 4. The van der Waals surface area contributed by atoms with Gasteiger partial charge in [-0.15, -0.1) is 0 Å². The molecule has 182 valence electrons. The van der Waals surface area contributed by atoms with Gasteiger partial charge >= 0.3 is 5.97 Å². The zero-order valence-electron chi connectivity index (χ0n) is 20.2. The van der Waals surface area contributed by atoms with Crippen molar-refractivity contribution in [3.05, 3.63) is 29.8 Å². The van der Waals surface area contributed by atoms with Crippen LogP contribution in [0.4, 0.5) is 5.69 Å². The van der Waals surface area contributed by atoms with Crippen molar-refractivity contribution in [1.29, 1.82) is 0 Å². The lowest BCUT2D eigenvalue weighted by molar-refractivity contribution is 0.0602. The van der Waals surface area contributed by atoms with Gasteiger partial charge in [-0.05, 0) is 94.6 Å². The quantitative estimate of drug-likeness (QED) is 0.311. The number of carbonyl (C=O) groups is 1. The van der Waals surface area contributed by atoms with E-state index >= 15 is 0 Å². The number of aliphatic imine (C=N–C) groups is 1. The molecule has 0 aliphatic heterocycles. The van der Waals surface area contributed by atoms with Crippen molar-refractivity contribution in [3.8, 4) is 0 Å². The molecule has 6 nitrogen and oxygen atoms in total. The summed E-state index contributed by atoms with van der Waals surface area (Å²) in [5.41, 5.74) is 7.38. The molecule has 4 N–H and O–H groups in total. The smallest absolute Gasteiger partial charge is 0.339 e. The summed E-state index contributed by atoms with van der Waals surface area (Å²) in [6, 6.07) is 8.74. The second-order valence-corrected chi connectivity index (χ2v) is 10.5. The average molecular weight is 455 g/mol. The molecule has 0 atom stereocenters. The molecule has 0 bridgehead atoms. The van der Waals surface area contributed by atoms with Crippen LogP contribution in [-0.4, -0.2) is 37.2 Å². The first-order chi connectivity index (χ1) is 16.1. The van der Waals surface area contributed by atoms with E-state index in [-0.39, 0.29) is 5.97 Å². The molecular formula is C27H42N4O2. The van der Waals surface area contributed by atoms with E-state index in [1.807, 2.05) is 18.2 Å². The number of rotatable bonds is 6. The molecule has 0 saturated heterocycles. The highest BCUT2D eigenvalue weighted by atomic mass is 16.5. The highest BCUT2D eigenvalue weighted by Gasteiger charge is 2.27. The lowest BCUT2D eigenvalue weighted by atomic mass is 9.76. The Morgan fingerprint density at radius 3 is 2.27 bits per heavy atom. The zero-order valence-corrected chi connectivity index (χ0v) is 20.2. The number of benzene rings is 1. The van der Waals surface area contributed by atoms with E-state index in [9.17, 15) is 4.79 Å². The number of nitrogens with two attached hydrogens (primary N) is 1. The number of anilines is 1. The van der Waals surface area contributed by atoms with Crippen LogP contribution in [0.1, 0.15) is 93.8 Å². The van der Waals surface area contributed by atoms with Crippen molar-refractivity contribution in [2.75, 3.05) is 12.4 Å². The number of ether oxygens (including phenoxy) is 1. The molecule has 0 unspecified atom stereocenters. The molecular weight excluding hydrogens is 412 g/mol. The fourth-order valence-corrected chi connectivity index (χ4v) is 5.96. The molecule has 4 rings (SSSR count). The normalized spacial score (nSPS) is 29.0. The molecule has 0 spiro atoms. The lowest BCUT2D eigenvalue weighted by Crippen LogP contribution is -2.39. The first-order valence-corrected chi connectivity index (χ1v) is 13.1. The number of guanidine groups is 1. The maximum Gasteiger partial charge on any atom is 0.339 e. The molecule has 3 saturated carbocycles. The lowest BCUT2D eigenvalue weighted by Gasteiger charge is -2.32. The molecule has 3 aliphatic rings. The summed E-state index contributed by atoms with van der Waals surface area (Å²) >= 11 is 0. The second kappa shape index (κ2) is 11.9. The third kappa shape index (κ3) is 6.95. The Kier molecular flexibility index (Phi) is 8.65. The highest BCUT2D eigenvalue weighted by molar-refractivity contribution is 6.02. The Hall–Kier alpha value is -2.08. The minimum Gasteiger partial charge on any atom is -0.465 e. The van der Waals surface area contributed by atoms with E-state index in [0.29, 0.717) is 23.7 Å². The number of esters is 1. The van der Waals surface area contributed by atoms with Crippen LogP contribution in [0.25, 0.3) is 0 Å². The molecule has 1 aromatic rings. The van der Waals surface area contributed by atoms with E-state index in [1.54, 1.807) is 6.07 Å². The largest absolute Gasteiger partial charge is 0.465 e. The van der Waals surface area contributed by atoms with E-state index in [4.69, 9.17) is 15.5 Å². The SMILES string of the molecule is COC(=O)c1ccccc1NC(=NC1CCC(CC2CCC(N)CC2)CC1)NC1CCCC1. The predicted molar refractivity (Wildman–Crippen MR) is 135 cm³/mol. The van der Waals surface area contributed by atoms with Crippen LogP contribution in [0.3, 0.4) is 0 Å². The number of hydrogen-bond donors (Lipinski definition) is 3. The standard InChI is InChI=1S/C27H42N4O2/c1-33-26(32)24-8-4-5-9-25(24)31-27(29-22-6-2-3-7-22)30-23-16-12-20(13-17-23)18-19-10-14-21(28)15-11-19/h4-5,8-9,19-23H,2-3,6-7,10-18,28H2,1H3,(H2,29,30,31). The summed E-state index contributed by atoms with van der Waals surface area (Å²) in [5.74, 6) is 2.20. The fourth-order valence-electron chi connectivity index (χ4n) is 5.96. The van der Waals surface area contributed by atoms with Gasteiger partial charge in [0.05, 0.1) is 24.4 Å². The molecule has 3 aliphatic carbocycles. The summed E-state index contributed by atoms with van der Waals surface area (Å²) in [4.78, 5) is 17.4. The number of methoxy groups -OCH3 is 1. The van der Waals surface area contributed by atoms with Crippen molar-refractivity contribution in [2.24, 2.45) is 22.6 Å². The first kappa shape index (κ1) is 24.1. The van der Waals surface area contributed by atoms with Gasteiger partial charge in [-0.1, -0.05) is 25.0 Å². The number of para-hydroxylation sites is 1. The van der Waals surface area contributed by atoms with Gasteiger partial charge in [-0.3, -0.25) is 0 Å². The second-order valence-electron chi connectivity index (χ2n) is 10.5. The topological polar surface area (TPSA) is 88.7 Å². The van der Waals surface area contributed by atoms with Crippen LogP contribution in [0.5, 0.6) is 0 Å². The Morgan fingerprint density at radius 2 is 1.61 bits per heavy atom. The van der Waals surface area contributed by atoms with Crippen LogP contribution in [0.15, 0.2) is 29.3 Å². The van der Waals surface area contributed by atoms with Crippen molar-refractivity contribution < 1.29 is 9.53 Å². The number of nitrogens with one attached hydrogen (secondary N) is 2. The van der Waals surface area contributed by atoms with Gasteiger partial charge < -0.3 is 21.1 Å². The molecule has 0 heterocycles. The predicted octanol–water partition coefficient (Wildman–Crippen LogP) is 5.24. The monoisotopic (exact) mass is 454 g/mol. The number of carbonyl (C=O) groups excluding carboxylic acids is 1. The Bertz CT molecular complexity index is 789. The Labute approximate surface area is 199 Å². The van der Waals surface area contributed by atoms with Crippen molar-refractivity contribution in [2.45, 2.75) is 102 Å². The maximum absolute atomic E-state index is 12.2.